The van der Waals surface area contributed by atoms with Crippen molar-refractivity contribution in [2.45, 2.75) is 26.3 Å². The molecule has 6 heteroatoms. The fourth-order valence-corrected chi connectivity index (χ4v) is 3.46. The summed E-state index contributed by atoms with van der Waals surface area (Å²) in [7, 11) is 0. The Bertz CT molecular complexity index is 1200. The zero-order valence-corrected chi connectivity index (χ0v) is 17.0. The highest BCUT2D eigenvalue weighted by Gasteiger charge is 2.13. The predicted molar refractivity (Wildman–Crippen MR) is 116 cm³/mol. The number of rotatable bonds is 7. The first kappa shape index (κ1) is 19.3. The van der Waals surface area contributed by atoms with Gasteiger partial charge in [-0.15, -0.1) is 0 Å². The number of ether oxygens (including phenoxy) is 1. The van der Waals surface area contributed by atoms with Crippen molar-refractivity contribution in [3.63, 3.8) is 0 Å². The van der Waals surface area contributed by atoms with Crippen molar-refractivity contribution in [2.75, 3.05) is 6.61 Å². The number of fused-ring (bicyclic) bond motifs is 1. The standard InChI is InChI=1S/C23H22ClN3O2/c1-2-3-13-29-22-10-5-4-9-19(22)20-15-21-23(28)26(11-12-27(21)25-20)16-17-7-6-8-18(24)14-17/h4-12,14-15H,2-3,13,16H2,1H3. The highest BCUT2D eigenvalue weighted by molar-refractivity contribution is 6.30. The lowest BCUT2D eigenvalue weighted by molar-refractivity contribution is 0.310. The minimum absolute atomic E-state index is 0.101. The van der Waals surface area contributed by atoms with E-state index in [1.54, 1.807) is 21.5 Å². The minimum atomic E-state index is -0.101. The Morgan fingerprint density at radius 2 is 1.93 bits per heavy atom. The van der Waals surface area contributed by atoms with E-state index in [0.29, 0.717) is 23.7 Å². The molecule has 0 unspecified atom stereocenters. The lowest BCUT2D eigenvalue weighted by Gasteiger charge is -2.09. The van der Waals surface area contributed by atoms with Crippen LogP contribution in [0.1, 0.15) is 25.3 Å². The van der Waals surface area contributed by atoms with E-state index < -0.39 is 0 Å². The summed E-state index contributed by atoms with van der Waals surface area (Å²) in [5.74, 6) is 0.781. The molecule has 5 nitrogen and oxygen atoms in total. The van der Waals surface area contributed by atoms with E-state index in [1.807, 2.05) is 54.6 Å². The van der Waals surface area contributed by atoms with E-state index in [9.17, 15) is 4.79 Å². The molecule has 0 aliphatic carbocycles. The molecule has 0 aliphatic heterocycles. The third-order valence-electron chi connectivity index (χ3n) is 4.76. The number of nitrogens with zero attached hydrogens (tertiary/aromatic N) is 3. The molecule has 29 heavy (non-hydrogen) atoms. The van der Waals surface area contributed by atoms with Gasteiger partial charge in [0.15, 0.2) is 0 Å². The highest BCUT2D eigenvalue weighted by Crippen LogP contribution is 2.29. The van der Waals surface area contributed by atoms with Crippen LogP contribution in [-0.2, 0) is 6.54 Å². The van der Waals surface area contributed by atoms with Crippen LogP contribution < -0.4 is 10.3 Å². The van der Waals surface area contributed by atoms with E-state index in [-0.39, 0.29) is 5.56 Å². The fraction of sp³-hybridized carbons (Fsp3) is 0.217. The van der Waals surface area contributed by atoms with Gasteiger partial charge in [0.25, 0.3) is 5.56 Å². The Hall–Kier alpha value is -3.05. The van der Waals surface area contributed by atoms with Gasteiger partial charge in [0.2, 0.25) is 0 Å². The molecule has 0 spiro atoms. The van der Waals surface area contributed by atoms with E-state index in [2.05, 4.69) is 12.0 Å². The third kappa shape index (κ3) is 4.20. The summed E-state index contributed by atoms with van der Waals surface area (Å²) < 4.78 is 9.21. The van der Waals surface area contributed by atoms with Crippen molar-refractivity contribution in [3.05, 3.63) is 87.9 Å². The summed E-state index contributed by atoms with van der Waals surface area (Å²) in [4.78, 5) is 13.0. The van der Waals surface area contributed by atoms with Crippen LogP contribution in [0.25, 0.3) is 16.8 Å². The molecule has 0 bridgehead atoms. The summed E-state index contributed by atoms with van der Waals surface area (Å²) >= 11 is 6.06. The molecule has 148 valence electrons. The summed E-state index contributed by atoms with van der Waals surface area (Å²) in [6.07, 6.45) is 5.61. The van der Waals surface area contributed by atoms with Crippen LogP contribution in [0.4, 0.5) is 0 Å². The van der Waals surface area contributed by atoms with Gasteiger partial charge in [0.05, 0.1) is 18.8 Å². The molecule has 0 N–H and O–H groups in total. The molecule has 0 aliphatic rings. The average molecular weight is 408 g/mol. The summed E-state index contributed by atoms with van der Waals surface area (Å²) in [5, 5.41) is 5.25. The van der Waals surface area contributed by atoms with Crippen molar-refractivity contribution in [1.82, 2.24) is 14.2 Å². The van der Waals surface area contributed by atoms with Crippen LogP contribution >= 0.6 is 11.6 Å². The van der Waals surface area contributed by atoms with E-state index >= 15 is 0 Å². The van der Waals surface area contributed by atoms with Gasteiger partial charge in [0.1, 0.15) is 11.3 Å². The van der Waals surface area contributed by atoms with E-state index in [4.69, 9.17) is 16.3 Å². The largest absolute Gasteiger partial charge is 0.493 e. The maximum atomic E-state index is 13.0. The number of unbranched alkanes of at least 4 members (excludes halogenated alkanes) is 1. The smallest absolute Gasteiger partial charge is 0.276 e. The molecule has 4 rings (SSSR count). The molecule has 0 saturated heterocycles. The third-order valence-corrected chi connectivity index (χ3v) is 5.00. The van der Waals surface area contributed by atoms with Crippen molar-refractivity contribution in [3.8, 4) is 17.0 Å². The number of hydrogen-bond donors (Lipinski definition) is 0. The normalized spacial score (nSPS) is 11.1. The first-order valence-electron chi connectivity index (χ1n) is 9.71. The van der Waals surface area contributed by atoms with E-state index in [1.165, 1.54) is 0 Å². The molecule has 0 saturated carbocycles. The number of halogens is 1. The second-order valence-electron chi connectivity index (χ2n) is 6.92. The van der Waals surface area contributed by atoms with Crippen LogP contribution in [-0.4, -0.2) is 20.8 Å². The quantitative estimate of drug-likeness (QED) is 0.403. The van der Waals surface area contributed by atoms with Gasteiger partial charge in [-0.25, -0.2) is 4.52 Å². The monoisotopic (exact) mass is 407 g/mol. The van der Waals surface area contributed by atoms with Crippen molar-refractivity contribution >= 4 is 17.1 Å². The van der Waals surface area contributed by atoms with Gasteiger partial charge in [-0.2, -0.15) is 5.10 Å². The summed E-state index contributed by atoms with van der Waals surface area (Å²) in [6, 6.07) is 17.1. The molecule has 2 heterocycles. The minimum Gasteiger partial charge on any atom is -0.493 e. The molecule has 2 aromatic heterocycles. The molecule has 0 amide bonds. The van der Waals surface area contributed by atoms with Crippen molar-refractivity contribution in [2.24, 2.45) is 0 Å². The zero-order chi connectivity index (χ0) is 20.2. The molecular weight excluding hydrogens is 386 g/mol. The van der Waals surface area contributed by atoms with Crippen molar-refractivity contribution in [1.29, 1.82) is 0 Å². The predicted octanol–water partition coefficient (Wildman–Crippen LogP) is 5.04. The maximum absolute atomic E-state index is 13.0. The molecule has 0 atom stereocenters. The van der Waals surface area contributed by atoms with Crippen molar-refractivity contribution < 1.29 is 4.74 Å². The van der Waals surface area contributed by atoms with Gasteiger partial charge in [-0.3, -0.25) is 4.79 Å². The second kappa shape index (κ2) is 8.53. The highest BCUT2D eigenvalue weighted by atomic mass is 35.5. The van der Waals surface area contributed by atoms with Gasteiger partial charge < -0.3 is 9.30 Å². The van der Waals surface area contributed by atoms with Crippen LogP contribution in [0, 0.1) is 0 Å². The van der Waals surface area contributed by atoms with Crippen LogP contribution in [0.5, 0.6) is 5.75 Å². The first-order chi connectivity index (χ1) is 14.2. The van der Waals surface area contributed by atoms with Gasteiger partial charge in [-0.05, 0) is 42.3 Å². The number of hydrogen-bond acceptors (Lipinski definition) is 3. The van der Waals surface area contributed by atoms with Gasteiger partial charge in [0, 0.05) is 23.0 Å². The number of para-hydroxylation sites is 1. The fourth-order valence-electron chi connectivity index (χ4n) is 3.24. The molecule has 0 radical (unpaired) electrons. The maximum Gasteiger partial charge on any atom is 0.276 e. The Balaban J connectivity index is 1.69. The van der Waals surface area contributed by atoms with E-state index in [0.717, 1.165) is 35.4 Å². The average Bonchev–Trinajstić information content (AvgIpc) is 3.16. The SMILES string of the molecule is CCCCOc1ccccc1-c1cc2c(=O)n(Cc3cccc(Cl)c3)ccn2n1. The van der Waals surface area contributed by atoms with Crippen LogP contribution in [0.2, 0.25) is 5.02 Å². The van der Waals surface area contributed by atoms with Crippen LogP contribution in [0.15, 0.2) is 71.8 Å². The lowest BCUT2D eigenvalue weighted by Crippen LogP contribution is -2.21. The Morgan fingerprint density at radius 3 is 2.76 bits per heavy atom. The van der Waals surface area contributed by atoms with Gasteiger partial charge >= 0.3 is 0 Å². The lowest BCUT2D eigenvalue weighted by atomic mass is 10.1. The van der Waals surface area contributed by atoms with Crippen LogP contribution in [0.3, 0.4) is 0 Å². The topological polar surface area (TPSA) is 48.5 Å². The number of aromatic nitrogens is 3. The van der Waals surface area contributed by atoms with Gasteiger partial charge in [-0.1, -0.05) is 49.2 Å². The summed E-state index contributed by atoms with van der Waals surface area (Å²) in [5.41, 5.74) is 2.99. The number of benzene rings is 2. The molecular formula is C23H22ClN3O2. The first-order valence-corrected chi connectivity index (χ1v) is 10.1. The molecule has 0 fully saturated rings. The Kier molecular flexibility index (Phi) is 5.67. The molecule has 2 aromatic carbocycles. The molecule has 4 aromatic rings. The summed E-state index contributed by atoms with van der Waals surface area (Å²) in [6.45, 7) is 3.24. The second-order valence-corrected chi connectivity index (χ2v) is 7.36. The Labute approximate surface area is 174 Å². The zero-order valence-electron chi connectivity index (χ0n) is 16.2. The Morgan fingerprint density at radius 1 is 1.07 bits per heavy atom.